The molecule has 3 heteroatoms. The minimum atomic E-state index is 0.0808. The van der Waals surface area contributed by atoms with Gasteiger partial charge in [-0.05, 0) is 43.5 Å². The molecule has 0 aliphatic rings. The molecule has 0 saturated carbocycles. The largest absolute Gasteiger partial charge is 0.496 e. The van der Waals surface area contributed by atoms with E-state index in [1.807, 2.05) is 33.0 Å². The van der Waals surface area contributed by atoms with Gasteiger partial charge in [0.25, 0.3) is 5.91 Å². The number of nitrogens with zero attached hydrogens (tertiary/aromatic N) is 1. The molecule has 0 N–H and O–H groups in total. The molecule has 100 valence electrons. The van der Waals surface area contributed by atoms with E-state index in [4.69, 9.17) is 4.74 Å². The smallest absolute Gasteiger partial charge is 0.253 e. The van der Waals surface area contributed by atoms with E-state index < -0.39 is 0 Å². The van der Waals surface area contributed by atoms with Crippen LogP contribution in [0.1, 0.15) is 41.3 Å². The van der Waals surface area contributed by atoms with E-state index in [0.717, 1.165) is 41.8 Å². The van der Waals surface area contributed by atoms with Crippen molar-refractivity contribution < 1.29 is 9.53 Å². The summed E-state index contributed by atoms with van der Waals surface area (Å²) in [5, 5.41) is 0. The van der Waals surface area contributed by atoms with Crippen LogP contribution in [0.25, 0.3) is 0 Å². The SMILES string of the molecule is CCCCN(C)C(=O)c1cc(C)c(OC)c(C)c1. The summed E-state index contributed by atoms with van der Waals surface area (Å²) < 4.78 is 5.31. The molecule has 0 radical (unpaired) electrons. The van der Waals surface area contributed by atoms with Gasteiger partial charge in [0.15, 0.2) is 0 Å². The van der Waals surface area contributed by atoms with Crippen molar-refractivity contribution in [2.24, 2.45) is 0 Å². The minimum Gasteiger partial charge on any atom is -0.496 e. The van der Waals surface area contributed by atoms with Crippen LogP contribution in [0.2, 0.25) is 0 Å². The lowest BCUT2D eigenvalue weighted by Crippen LogP contribution is -2.27. The molecule has 1 amide bonds. The van der Waals surface area contributed by atoms with Gasteiger partial charge in [-0.1, -0.05) is 13.3 Å². The number of hydrogen-bond acceptors (Lipinski definition) is 2. The lowest BCUT2D eigenvalue weighted by Gasteiger charge is -2.18. The van der Waals surface area contributed by atoms with Gasteiger partial charge >= 0.3 is 0 Å². The topological polar surface area (TPSA) is 29.5 Å². The van der Waals surface area contributed by atoms with Crippen LogP contribution in [0.4, 0.5) is 0 Å². The van der Waals surface area contributed by atoms with Crippen LogP contribution < -0.4 is 4.74 Å². The molecule has 0 aliphatic heterocycles. The van der Waals surface area contributed by atoms with Gasteiger partial charge < -0.3 is 9.64 Å². The van der Waals surface area contributed by atoms with Crippen molar-refractivity contribution in [2.45, 2.75) is 33.6 Å². The second-order valence-electron chi connectivity index (χ2n) is 4.72. The number of rotatable bonds is 5. The number of aryl methyl sites for hydroxylation is 2. The molecule has 0 bridgehead atoms. The number of carbonyl (C=O) groups excluding carboxylic acids is 1. The van der Waals surface area contributed by atoms with Crippen LogP contribution in [-0.2, 0) is 0 Å². The number of benzene rings is 1. The van der Waals surface area contributed by atoms with Gasteiger partial charge in [-0.3, -0.25) is 4.79 Å². The molecule has 3 nitrogen and oxygen atoms in total. The quantitative estimate of drug-likeness (QED) is 0.802. The van der Waals surface area contributed by atoms with E-state index in [9.17, 15) is 4.79 Å². The Bertz CT molecular complexity index is 403. The zero-order valence-electron chi connectivity index (χ0n) is 12.0. The summed E-state index contributed by atoms with van der Waals surface area (Å²) in [6.07, 6.45) is 2.13. The van der Waals surface area contributed by atoms with Crippen molar-refractivity contribution in [3.8, 4) is 5.75 Å². The summed E-state index contributed by atoms with van der Waals surface area (Å²) in [5.41, 5.74) is 2.75. The predicted molar refractivity (Wildman–Crippen MR) is 74.3 cm³/mol. The molecule has 18 heavy (non-hydrogen) atoms. The van der Waals surface area contributed by atoms with Gasteiger partial charge in [0.05, 0.1) is 7.11 Å². The third-order valence-electron chi connectivity index (χ3n) is 3.11. The molecule has 0 aromatic heterocycles. The van der Waals surface area contributed by atoms with Gasteiger partial charge in [0.1, 0.15) is 5.75 Å². The second-order valence-corrected chi connectivity index (χ2v) is 4.72. The van der Waals surface area contributed by atoms with Gasteiger partial charge in [-0.25, -0.2) is 0 Å². The normalized spacial score (nSPS) is 10.3. The Hall–Kier alpha value is -1.51. The predicted octanol–water partition coefficient (Wildman–Crippen LogP) is 3.18. The Kier molecular flexibility index (Phi) is 5.20. The van der Waals surface area contributed by atoms with Gasteiger partial charge in [0, 0.05) is 19.2 Å². The Morgan fingerprint density at radius 3 is 2.28 bits per heavy atom. The highest BCUT2D eigenvalue weighted by molar-refractivity contribution is 5.94. The number of amides is 1. The average molecular weight is 249 g/mol. The van der Waals surface area contributed by atoms with Crippen molar-refractivity contribution in [3.63, 3.8) is 0 Å². The van der Waals surface area contributed by atoms with Crippen LogP contribution in [0.15, 0.2) is 12.1 Å². The van der Waals surface area contributed by atoms with Gasteiger partial charge in [-0.15, -0.1) is 0 Å². The third kappa shape index (κ3) is 3.25. The molecule has 0 spiro atoms. The Morgan fingerprint density at radius 2 is 1.83 bits per heavy atom. The summed E-state index contributed by atoms with van der Waals surface area (Å²) in [6, 6.07) is 3.80. The number of hydrogen-bond donors (Lipinski definition) is 0. The first-order valence-electron chi connectivity index (χ1n) is 6.42. The number of carbonyl (C=O) groups is 1. The maximum atomic E-state index is 12.2. The van der Waals surface area contributed by atoms with Gasteiger partial charge in [-0.2, -0.15) is 0 Å². The molecule has 1 aromatic rings. The molecule has 0 aliphatic carbocycles. The van der Waals surface area contributed by atoms with Crippen LogP contribution in [0.5, 0.6) is 5.75 Å². The molecular weight excluding hydrogens is 226 g/mol. The summed E-state index contributed by atoms with van der Waals surface area (Å²) >= 11 is 0. The molecule has 0 fully saturated rings. The highest BCUT2D eigenvalue weighted by atomic mass is 16.5. The summed E-state index contributed by atoms with van der Waals surface area (Å²) in [5.74, 6) is 0.945. The van der Waals surface area contributed by atoms with Crippen LogP contribution in [0, 0.1) is 13.8 Å². The lowest BCUT2D eigenvalue weighted by molar-refractivity contribution is 0.0793. The number of methoxy groups -OCH3 is 1. The molecular formula is C15H23NO2. The summed E-state index contributed by atoms with van der Waals surface area (Å²) in [6.45, 7) is 6.86. The first kappa shape index (κ1) is 14.6. The van der Waals surface area contributed by atoms with Crippen molar-refractivity contribution >= 4 is 5.91 Å². The molecule has 0 saturated heterocycles. The fourth-order valence-corrected chi connectivity index (χ4v) is 2.11. The zero-order chi connectivity index (χ0) is 13.7. The molecule has 0 unspecified atom stereocenters. The monoisotopic (exact) mass is 249 g/mol. The van der Waals surface area contributed by atoms with E-state index in [1.54, 1.807) is 12.0 Å². The van der Waals surface area contributed by atoms with Crippen molar-refractivity contribution in [2.75, 3.05) is 20.7 Å². The maximum Gasteiger partial charge on any atom is 0.253 e. The average Bonchev–Trinajstić information content (AvgIpc) is 2.34. The molecule has 0 atom stereocenters. The first-order valence-corrected chi connectivity index (χ1v) is 6.42. The lowest BCUT2D eigenvalue weighted by atomic mass is 10.0. The Balaban J connectivity index is 2.93. The second kappa shape index (κ2) is 6.43. The Labute approximate surface area is 110 Å². The van der Waals surface area contributed by atoms with Crippen LogP contribution in [-0.4, -0.2) is 31.5 Å². The Morgan fingerprint density at radius 1 is 1.28 bits per heavy atom. The van der Waals surface area contributed by atoms with Crippen molar-refractivity contribution in [3.05, 3.63) is 28.8 Å². The minimum absolute atomic E-state index is 0.0808. The molecule has 1 aromatic carbocycles. The highest BCUT2D eigenvalue weighted by Crippen LogP contribution is 2.24. The van der Waals surface area contributed by atoms with Crippen LogP contribution >= 0.6 is 0 Å². The molecule has 0 heterocycles. The fourth-order valence-electron chi connectivity index (χ4n) is 2.11. The standard InChI is InChI=1S/C15H23NO2/c1-6-7-8-16(4)15(17)13-9-11(2)14(18-5)12(3)10-13/h9-10H,6-8H2,1-5H3. The van der Waals surface area contributed by atoms with Crippen molar-refractivity contribution in [1.82, 2.24) is 4.90 Å². The summed E-state index contributed by atoms with van der Waals surface area (Å²) in [7, 11) is 3.51. The van der Waals surface area contributed by atoms with Crippen molar-refractivity contribution in [1.29, 1.82) is 0 Å². The van der Waals surface area contributed by atoms with Gasteiger partial charge in [0.2, 0.25) is 0 Å². The third-order valence-corrected chi connectivity index (χ3v) is 3.11. The van der Waals surface area contributed by atoms with E-state index >= 15 is 0 Å². The van der Waals surface area contributed by atoms with E-state index in [2.05, 4.69) is 6.92 Å². The van der Waals surface area contributed by atoms with E-state index in [0.29, 0.717) is 0 Å². The van der Waals surface area contributed by atoms with Crippen LogP contribution in [0.3, 0.4) is 0 Å². The van der Waals surface area contributed by atoms with E-state index in [1.165, 1.54) is 0 Å². The zero-order valence-corrected chi connectivity index (χ0v) is 12.0. The highest BCUT2D eigenvalue weighted by Gasteiger charge is 2.14. The fraction of sp³-hybridized carbons (Fsp3) is 0.533. The van der Waals surface area contributed by atoms with E-state index in [-0.39, 0.29) is 5.91 Å². The first-order chi connectivity index (χ1) is 8.51. The molecule has 1 rings (SSSR count). The summed E-state index contributed by atoms with van der Waals surface area (Å²) in [4.78, 5) is 14.0. The maximum absolute atomic E-state index is 12.2. The number of unbranched alkanes of at least 4 members (excludes halogenated alkanes) is 1. The number of ether oxygens (including phenoxy) is 1.